The maximum Gasteiger partial charge on any atom is 0.141 e. The van der Waals surface area contributed by atoms with Crippen LogP contribution in [0.4, 0.5) is 0 Å². The van der Waals surface area contributed by atoms with E-state index in [1.165, 1.54) is 12.0 Å². The molecule has 1 saturated heterocycles. The fraction of sp³-hybridized carbons (Fsp3) is 0.625. The second-order valence-corrected chi connectivity index (χ2v) is 5.86. The molecule has 0 amide bonds. The van der Waals surface area contributed by atoms with Crippen LogP contribution in [0.25, 0.3) is 0 Å². The third-order valence-corrected chi connectivity index (χ3v) is 4.55. The fourth-order valence-corrected chi connectivity index (χ4v) is 3.40. The van der Waals surface area contributed by atoms with E-state index in [1.54, 1.807) is 0 Å². The molecule has 1 fully saturated rings. The van der Waals surface area contributed by atoms with E-state index >= 15 is 0 Å². The summed E-state index contributed by atoms with van der Waals surface area (Å²) in [6.07, 6.45) is 8.03. The Balaban J connectivity index is 1.64. The number of ketones is 1. The average molecular weight is 258 g/mol. The van der Waals surface area contributed by atoms with Gasteiger partial charge in [0.25, 0.3) is 0 Å². The van der Waals surface area contributed by atoms with E-state index in [-0.39, 0.29) is 5.92 Å². The molecule has 3 rings (SSSR count). The van der Waals surface area contributed by atoms with Crippen molar-refractivity contribution in [3.05, 3.63) is 29.6 Å². The van der Waals surface area contributed by atoms with Crippen molar-refractivity contribution in [1.82, 2.24) is 10.3 Å². The van der Waals surface area contributed by atoms with Crippen molar-refractivity contribution in [2.24, 2.45) is 5.92 Å². The predicted molar refractivity (Wildman–Crippen MR) is 75.1 cm³/mol. The van der Waals surface area contributed by atoms with Gasteiger partial charge in [0, 0.05) is 12.6 Å². The molecule has 2 aliphatic rings. The Labute approximate surface area is 114 Å². The quantitative estimate of drug-likeness (QED) is 0.902. The Hall–Kier alpha value is -1.22. The molecule has 2 unspecified atom stereocenters. The second kappa shape index (κ2) is 5.83. The number of pyridine rings is 1. The van der Waals surface area contributed by atoms with Crippen molar-refractivity contribution in [2.45, 2.75) is 44.4 Å². The molecule has 1 N–H and O–H groups in total. The maximum atomic E-state index is 12.5. The summed E-state index contributed by atoms with van der Waals surface area (Å²) in [4.78, 5) is 16.9. The summed E-state index contributed by atoms with van der Waals surface area (Å²) in [5.41, 5.74) is 2.35. The van der Waals surface area contributed by atoms with Crippen molar-refractivity contribution in [1.29, 1.82) is 0 Å². The summed E-state index contributed by atoms with van der Waals surface area (Å²) in [6, 6.07) is 4.11. The molecular weight excluding hydrogens is 236 g/mol. The van der Waals surface area contributed by atoms with Crippen LogP contribution in [0, 0.1) is 5.92 Å². The van der Waals surface area contributed by atoms with Gasteiger partial charge in [-0.05, 0) is 62.7 Å². The lowest BCUT2D eigenvalue weighted by Gasteiger charge is -2.23. The van der Waals surface area contributed by atoms with Gasteiger partial charge in [0.1, 0.15) is 5.78 Å². The highest BCUT2D eigenvalue weighted by molar-refractivity contribution is 5.85. The Morgan fingerprint density at radius 2 is 2.37 bits per heavy atom. The van der Waals surface area contributed by atoms with Crippen LogP contribution in [0.3, 0.4) is 0 Å². The first kappa shape index (κ1) is 12.8. The highest BCUT2D eigenvalue weighted by atomic mass is 16.1. The van der Waals surface area contributed by atoms with Crippen molar-refractivity contribution in [3.8, 4) is 0 Å². The number of rotatable bonds is 4. The zero-order valence-electron chi connectivity index (χ0n) is 11.4. The van der Waals surface area contributed by atoms with Gasteiger partial charge in [0.2, 0.25) is 0 Å². The van der Waals surface area contributed by atoms with E-state index in [0.29, 0.717) is 11.7 Å². The van der Waals surface area contributed by atoms with Crippen molar-refractivity contribution < 1.29 is 4.79 Å². The molecule has 1 aliphatic carbocycles. The van der Waals surface area contributed by atoms with E-state index in [1.807, 2.05) is 12.3 Å². The van der Waals surface area contributed by atoms with Crippen molar-refractivity contribution >= 4 is 5.78 Å². The van der Waals surface area contributed by atoms with Crippen LogP contribution >= 0.6 is 0 Å². The van der Waals surface area contributed by atoms with Crippen LogP contribution in [0.1, 0.15) is 49.3 Å². The van der Waals surface area contributed by atoms with Crippen LogP contribution in [-0.4, -0.2) is 23.9 Å². The topological polar surface area (TPSA) is 42.0 Å². The summed E-state index contributed by atoms with van der Waals surface area (Å²) in [7, 11) is 0. The lowest BCUT2D eigenvalue weighted by molar-refractivity contribution is -0.121. The number of aromatic nitrogens is 1. The van der Waals surface area contributed by atoms with E-state index in [0.717, 1.165) is 50.9 Å². The van der Waals surface area contributed by atoms with Gasteiger partial charge in [0.15, 0.2) is 0 Å². The highest BCUT2D eigenvalue weighted by Crippen LogP contribution is 2.32. The molecule has 0 radical (unpaired) electrons. The molecule has 3 heteroatoms. The lowest BCUT2D eigenvalue weighted by atomic mass is 9.82. The van der Waals surface area contributed by atoms with Gasteiger partial charge < -0.3 is 5.32 Å². The molecule has 3 nitrogen and oxygen atoms in total. The molecule has 0 aromatic carbocycles. The second-order valence-electron chi connectivity index (χ2n) is 5.86. The van der Waals surface area contributed by atoms with Gasteiger partial charge in [0.05, 0.1) is 11.6 Å². The number of hydrogen-bond acceptors (Lipinski definition) is 3. The van der Waals surface area contributed by atoms with Gasteiger partial charge >= 0.3 is 0 Å². The lowest BCUT2D eigenvalue weighted by Crippen LogP contribution is -2.21. The highest BCUT2D eigenvalue weighted by Gasteiger charge is 2.27. The SMILES string of the molecule is O=C(CCC1CCNC1)C1CCCc2cccnc21. The minimum atomic E-state index is 0.0688. The molecular formula is C16H22N2O. The number of carbonyl (C=O) groups is 1. The molecule has 1 aliphatic heterocycles. The maximum absolute atomic E-state index is 12.5. The van der Waals surface area contributed by atoms with Gasteiger partial charge in [-0.2, -0.15) is 0 Å². The number of hydrogen-bond donors (Lipinski definition) is 1. The summed E-state index contributed by atoms with van der Waals surface area (Å²) in [5, 5.41) is 3.37. The number of nitrogens with one attached hydrogen (secondary N) is 1. The molecule has 1 aromatic heterocycles. The van der Waals surface area contributed by atoms with Crippen LogP contribution in [-0.2, 0) is 11.2 Å². The third-order valence-electron chi connectivity index (χ3n) is 4.55. The monoisotopic (exact) mass is 258 g/mol. The molecule has 0 saturated carbocycles. The molecule has 102 valence electrons. The number of fused-ring (bicyclic) bond motifs is 1. The van der Waals surface area contributed by atoms with E-state index in [4.69, 9.17) is 0 Å². The first-order valence-corrected chi connectivity index (χ1v) is 7.52. The number of nitrogens with zero attached hydrogens (tertiary/aromatic N) is 1. The molecule has 0 spiro atoms. The standard InChI is InChI=1S/C16H22N2O/c19-15(7-6-12-8-10-17-11-12)14-5-1-3-13-4-2-9-18-16(13)14/h2,4,9,12,14,17H,1,3,5-8,10-11H2. The Morgan fingerprint density at radius 3 is 3.21 bits per heavy atom. The zero-order chi connectivity index (χ0) is 13.1. The van der Waals surface area contributed by atoms with Gasteiger partial charge in [-0.3, -0.25) is 9.78 Å². The molecule has 1 aromatic rings. The number of Topliss-reactive ketones (excluding diaryl/α,β-unsaturated/α-hetero) is 1. The van der Waals surface area contributed by atoms with Crippen molar-refractivity contribution in [2.75, 3.05) is 13.1 Å². The van der Waals surface area contributed by atoms with Gasteiger partial charge in [-0.15, -0.1) is 0 Å². The smallest absolute Gasteiger partial charge is 0.141 e. The van der Waals surface area contributed by atoms with E-state index in [2.05, 4.69) is 16.4 Å². The van der Waals surface area contributed by atoms with E-state index < -0.39 is 0 Å². The Kier molecular flexibility index (Phi) is 3.92. The Bertz CT molecular complexity index is 452. The van der Waals surface area contributed by atoms with Crippen LogP contribution in [0.2, 0.25) is 0 Å². The van der Waals surface area contributed by atoms with E-state index in [9.17, 15) is 4.79 Å². The first-order valence-electron chi connectivity index (χ1n) is 7.52. The zero-order valence-corrected chi connectivity index (χ0v) is 11.4. The van der Waals surface area contributed by atoms with Crippen LogP contribution in [0.15, 0.2) is 18.3 Å². The van der Waals surface area contributed by atoms with Gasteiger partial charge in [-0.1, -0.05) is 6.07 Å². The predicted octanol–water partition coefficient (Wildman–Crippen LogP) is 2.46. The van der Waals surface area contributed by atoms with Gasteiger partial charge in [-0.25, -0.2) is 0 Å². The van der Waals surface area contributed by atoms with Crippen LogP contribution < -0.4 is 5.32 Å². The minimum absolute atomic E-state index is 0.0688. The van der Waals surface area contributed by atoms with Crippen LogP contribution in [0.5, 0.6) is 0 Å². The molecule has 2 heterocycles. The third kappa shape index (κ3) is 2.86. The summed E-state index contributed by atoms with van der Waals surface area (Å²) in [5.74, 6) is 1.18. The Morgan fingerprint density at radius 1 is 1.42 bits per heavy atom. The number of carbonyl (C=O) groups excluding carboxylic acids is 1. The number of aryl methyl sites for hydroxylation is 1. The summed E-state index contributed by atoms with van der Waals surface area (Å²) < 4.78 is 0. The fourth-order valence-electron chi connectivity index (χ4n) is 3.40. The molecule has 2 atom stereocenters. The summed E-state index contributed by atoms with van der Waals surface area (Å²) in [6.45, 7) is 2.21. The summed E-state index contributed by atoms with van der Waals surface area (Å²) >= 11 is 0. The molecule has 19 heavy (non-hydrogen) atoms. The minimum Gasteiger partial charge on any atom is -0.316 e. The van der Waals surface area contributed by atoms with Crippen molar-refractivity contribution in [3.63, 3.8) is 0 Å². The average Bonchev–Trinajstić information content (AvgIpc) is 2.97. The first-order chi connectivity index (χ1) is 9.34. The molecule has 0 bridgehead atoms. The largest absolute Gasteiger partial charge is 0.316 e. The normalized spacial score (nSPS) is 26.1.